The maximum absolute atomic E-state index is 13.6. The number of aromatic amines is 1. The number of carboxylic acid groups (broad SMARTS) is 1. The number of amides is 1. The third kappa shape index (κ3) is 4.54. The first-order valence-corrected chi connectivity index (χ1v) is 10.4. The fourth-order valence-electron chi connectivity index (χ4n) is 3.90. The van der Waals surface area contributed by atoms with E-state index in [-0.39, 0.29) is 12.4 Å². The highest BCUT2D eigenvalue weighted by molar-refractivity contribution is 6.10. The Morgan fingerprint density at radius 2 is 1.78 bits per heavy atom. The Morgan fingerprint density at radius 3 is 2.50 bits per heavy atom. The van der Waals surface area contributed by atoms with Crippen LogP contribution < -0.4 is 0 Å². The van der Waals surface area contributed by atoms with Crippen molar-refractivity contribution in [3.63, 3.8) is 0 Å². The van der Waals surface area contributed by atoms with Crippen LogP contribution in [0.3, 0.4) is 0 Å². The summed E-state index contributed by atoms with van der Waals surface area (Å²) in [6, 6.07) is 21.5. The zero-order valence-corrected chi connectivity index (χ0v) is 17.6. The number of halogens is 1. The maximum Gasteiger partial charge on any atom is 0.323 e. The topological polar surface area (TPSA) is 73.4 Å². The molecule has 162 valence electrons. The van der Waals surface area contributed by atoms with Gasteiger partial charge in [-0.15, -0.1) is 0 Å². The number of rotatable bonds is 7. The lowest BCUT2D eigenvalue weighted by Gasteiger charge is -2.21. The predicted molar refractivity (Wildman–Crippen MR) is 122 cm³/mol. The Bertz CT molecular complexity index is 1280. The molecule has 4 rings (SSSR count). The lowest BCUT2D eigenvalue weighted by Crippen LogP contribution is -2.37. The molecule has 3 aromatic carbocycles. The van der Waals surface area contributed by atoms with Crippen molar-refractivity contribution in [3.8, 4) is 11.1 Å². The van der Waals surface area contributed by atoms with E-state index in [0.29, 0.717) is 17.7 Å². The monoisotopic (exact) mass is 430 g/mol. The van der Waals surface area contributed by atoms with E-state index in [1.54, 1.807) is 12.1 Å². The molecule has 2 N–H and O–H groups in total. The quantitative estimate of drug-likeness (QED) is 0.431. The number of aromatic nitrogens is 1. The summed E-state index contributed by atoms with van der Waals surface area (Å²) in [5.41, 5.74) is 4.52. The number of nitrogens with zero attached hydrogens (tertiary/aromatic N) is 1. The molecule has 5 nitrogen and oxygen atoms in total. The second kappa shape index (κ2) is 9.06. The fourth-order valence-corrected chi connectivity index (χ4v) is 3.90. The van der Waals surface area contributed by atoms with E-state index in [9.17, 15) is 19.1 Å². The highest BCUT2D eigenvalue weighted by Crippen LogP contribution is 2.33. The van der Waals surface area contributed by atoms with Gasteiger partial charge in [-0.2, -0.15) is 0 Å². The summed E-state index contributed by atoms with van der Waals surface area (Å²) in [7, 11) is 0. The van der Waals surface area contributed by atoms with Crippen LogP contribution in [0.4, 0.5) is 4.39 Å². The smallest absolute Gasteiger partial charge is 0.323 e. The molecule has 0 atom stereocenters. The molecule has 0 unspecified atom stereocenters. The first kappa shape index (κ1) is 21.3. The molecule has 0 aliphatic rings. The molecule has 0 fully saturated rings. The predicted octanol–water partition coefficient (Wildman–Crippen LogP) is 5.05. The average Bonchev–Trinajstić information content (AvgIpc) is 3.15. The van der Waals surface area contributed by atoms with Gasteiger partial charge in [0.25, 0.3) is 5.91 Å². The number of fused-ring (bicyclic) bond motifs is 1. The van der Waals surface area contributed by atoms with E-state index in [1.807, 2.05) is 55.5 Å². The Labute approximate surface area is 185 Å². The van der Waals surface area contributed by atoms with Crippen LogP contribution in [-0.2, 0) is 11.2 Å². The second-order valence-electron chi connectivity index (χ2n) is 7.79. The Kier molecular flexibility index (Phi) is 6.03. The van der Waals surface area contributed by atoms with E-state index in [1.165, 1.54) is 17.0 Å². The van der Waals surface area contributed by atoms with E-state index >= 15 is 0 Å². The Hall–Kier alpha value is -3.93. The van der Waals surface area contributed by atoms with Gasteiger partial charge in [0.15, 0.2) is 0 Å². The number of aryl methyl sites for hydroxylation is 1. The minimum Gasteiger partial charge on any atom is -0.480 e. The van der Waals surface area contributed by atoms with Crippen molar-refractivity contribution in [1.82, 2.24) is 9.88 Å². The molecule has 0 aliphatic carbocycles. The molecule has 4 aromatic rings. The van der Waals surface area contributed by atoms with Crippen molar-refractivity contribution in [2.45, 2.75) is 13.3 Å². The molecular weight excluding hydrogens is 407 g/mol. The Morgan fingerprint density at radius 1 is 1.00 bits per heavy atom. The van der Waals surface area contributed by atoms with E-state index in [0.717, 1.165) is 27.6 Å². The van der Waals surface area contributed by atoms with Crippen molar-refractivity contribution < 1.29 is 19.1 Å². The molecule has 0 saturated heterocycles. The summed E-state index contributed by atoms with van der Waals surface area (Å²) in [4.78, 5) is 29.6. The zero-order valence-electron chi connectivity index (χ0n) is 17.6. The van der Waals surface area contributed by atoms with Gasteiger partial charge in [0.2, 0.25) is 0 Å². The van der Waals surface area contributed by atoms with E-state index < -0.39 is 18.4 Å². The minimum atomic E-state index is -1.11. The van der Waals surface area contributed by atoms with Crippen LogP contribution in [0.5, 0.6) is 0 Å². The second-order valence-corrected chi connectivity index (χ2v) is 7.79. The van der Waals surface area contributed by atoms with Crippen LogP contribution in [0.2, 0.25) is 0 Å². The lowest BCUT2D eigenvalue weighted by atomic mass is 10.00. The number of benzene rings is 3. The normalized spacial score (nSPS) is 10.9. The summed E-state index contributed by atoms with van der Waals surface area (Å²) >= 11 is 0. The third-order valence-electron chi connectivity index (χ3n) is 5.40. The number of carbonyl (C=O) groups excluding carboxylic acids is 1. The molecule has 0 spiro atoms. The third-order valence-corrected chi connectivity index (χ3v) is 5.40. The van der Waals surface area contributed by atoms with Gasteiger partial charge in [0.1, 0.15) is 18.1 Å². The summed E-state index contributed by atoms with van der Waals surface area (Å²) in [6.07, 6.45) is 0.344. The highest BCUT2D eigenvalue weighted by Gasteiger charge is 2.25. The van der Waals surface area contributed by atoms with Gasteiger partial charge < -0.3 is 15.0 Å². The van der Waals surface area contributed by atoms with Gasteiger partial charge in [-0.1, -0.05) is 54.1 Å². The largest absolute Gasteiger partial charge is 0.480 e. The van der Waals surface area contributed by atoms with Crippen molar-refractivity contribution in [3.05, 3.63) is 95.4 Å². The van der Waals surface area contributed by atoms with Crippen molar-refractivity contribution in [1.29, 1.82) is 0 Å². The zero-order chi connectivity index (χ0) is 22.7. The average molecular weight is 430 g/mol. The molecule has 1 amide bonds. The molecule has 1 heterocycles. The Balaban J connectivity index is 1.74. The standard InChI is InChI=1S/C26H23FN2O3/c1-17-10-11-22-21(14-17)24(19-7-3-2-4-8-19)25(28-22)26(32)29(16-23(30)31)13-12-18-6-5-9-20(27)15-18/h2-11,14-15,28H,12-13,16H2,1H3,(H,30,31). The molecule has 0 saturated carbocycles. The number of nitrogens with one attached hydrogen (secondary N) is 1. The van der Waals surface area contributed by atoms with Gasteiger partial charge in [-0.25, -0.2) is 4.39 Å². The molecular formula is C26H23FN2O3. The van der Waals surface area contributed by atoms with Gasteiger partial charge in [0, 0.05) is 23.0 Å². The summed E-state index contributed by atoms with van der Waals surface area (Å²) in [5, 5.41) is 10.3. The first-order valence-electron chi connectivity index (χ1n) is 10.4. The van der Waals surface area contributed by atoms with Crippen molar-refractivity contribution in [2.24, 2.45) is 0 Å². The molecule has 0 radical (unpaired) electrons. The highest BCUT2D eigenvalue weighted by atomic mass is 19.1. The lowest BCUT2D eigenvalue weighted by molar-refractivity contribution is -0.137. The SMILES string of the molecule is Cc1ccc2[nH]c(C(=O)N(CCc3cccc(F)c3)CC(=O)O)c(-c3ccccc3)c2c1. The number of carboxylic acids is 1. The van der Waals surface area contributed by atoms with E-state index in [2.05, 4.69) is 4.98 Å². The molecule has 6 heteroatoms. The van der Waals surface area contributed by atoms with Crippen molar-refractivity contribution >= 4 is 22.8 Å². The first-order chi connectivity index (χ1) is 15.4. The summed E-state index contributed by atoms with van der Waals surface area (Å²) < 4.78 is 13.5. The minimum absolute atomic E-state index is 0.150. The van der Waals surface area contributed by atoms with Crippen molar-refractivity contribution in [2.75, 3.05) is 13.1 Å². The number of hydrogen-bond donors (Lipinski definition) is 2. The van der Waals surface area contributed by atoms with Crippen LogP contribution in [0, 0.1) is 12.7 Å². The van der Waals surface area contributed by atoms with E-state index in [4.69, 9.17) is 0 Å². The van der Waals surface area contributed by atoms with Crippen LogP contribution >= 0.6 is 0 Å². The maximum atomic E-state index is 13.6. The van der Waals surface area contributed by atoms with Crippen LogP contribution in [0.1, 0.15) is 21.6 Å². The summed E-state index contributed by atoms with van der Waals surface area (Å²) in [5.74, 6) is -1.88. The molecule has 0 aliphatic heterocycles. The number of hydrogen-bond acceptors (Lipinski definition) is 2. The summed E-state index contributed by atoms with van der Waals surface area (Å²) in [6.45, 7) is 1.69. The number of aliphatic carboxylic acids is 1. The van der Waals surface area contributed by atoms with Crippen LogP contribution in [0.15, 0.2) is 72.8 Å². The van der Waals surface area contributed by atoms with Gasteiger partial charge in [-0.3, -0.25) is 9.59 Å². The van der Waals surface area contributed by atoms with Gasteiger partial charge in [0.05, 0.1) is 0 Å². The molecule has 0 bridgehead atoms. The molecule has 1 aromatic heterocycles. The number of H-pyrrole nitrogens is 1. The molecule has 32 heavy (non-hydrogen) atoms. The van der Waals surface area contributed by atoms with Crippen LogP contribution in [0.25, 0.3) is 22.0 Å². The number of carbonyl (C=O) groups is 2. The fraction of sp³-hybridized carbons (Fsp3) is 0.154. The van der Waals surface area contributed by atoms with Gasteiger partial charge in [-0.05, 0) is 48.7 Å². The van der Waals surface area contributed by atoms with Crippen LogP contribution in [-0.4, -0.2) is 40.0 Å². The van der Waals surface area contributed by atoms with Gasteiger partial charge >= 0.3 is 5.97 Å².